The van der Waals surface area contributed by atoms with Gasteiger partial charge >= 0.3 is 0 Å². The zero-order chi connectivity index (χ0) is 10.3. The molecule has 0 spiro atoms. The third-order valence-corrected chi connectivity index (χ3v) is 2.68. The van der Waals surface area contributed by atoms with Crippen molar-refractivity contribution in [2.75, 3.05) is 26.4 Å². The summed E-state index contributed by atoms with van der Waals surface area (Å²) in [5.41, 5.74) is 0. The van der Waals surface area contributed by atoms with Crippen molar-refractivity contribution in [2.45, 2.75) is 44.7 Å². The first kappa shape index (κ1) is 11.3. The van der Waals surface area contributed by atoms with Crippen molar-refractivity contribution in [1.82, 2.24) is 0 Å². The van der Waals surface area contributed by atoms with Gasteiger partial charge in [0.15, 0.2) is 0 Å². The molecular formula is C11H20O4. The zero-order valence-electron chi connectivity index (χ0n) is 9.15. The van der Waals surface area contributed by atoms with Gasteiger partial charge in [0, 0.05) is 13.2 Å². The molecule has 0 N–H and O–H groups in total. The highest BCUT2D eigenvalue weighted by atomic mass is 16.8. The molecular weight excluding hydrogens is 196 g/mol. The fourth-order valence-electron chi connectivity index (χ4n) is 1.79. The minimum atomic E-state index is -0.330. The van der Waals surface area contributed by atoms with Crippen molar-refractivity contribution in [2.24, 2.45) is 0 Å². The van der Waals surface area contributed by atoms with Gasteiger partial charge in [0.25, 0.3) is 0 Å². The summed E-state index contributed by atoms with van der Waals surface area (Å²) in [6, 6.07) is 0. The summed E-state index contributed by atoms with van der Waals surface area (Å²) < 4.78 is 22.3. The van der Waals surface area contributed by atoms with E-state index in [2.05, 4.69) is 0 Å². The maximum Gasteiger partial charge on any atom is 0.209 e. The van der Waals surface area contributed by atoms with E-state index >= 15 is 0 Å². The van der Waals surface area contributed by atoms with Crippen molar-refractivity contribution in [1.29, 1.82) is 0 Å². The smallest absolute Gasteiger partial charge is 0.209 e. The molecule has 2 rings (SSSR count). The molecule has 2 saturated heterocycles. The van der Waals surface area contributed by atoms with E-state index in [-0.39, 0.29) is 12.6 Å². The second-order valence-corrected chi connectivity index (χ2v) is 3.99. The van der Waals surface area contributed by atoms with Gasteiger partial charge in [0.05, 0.1) is 13.2 Å². The van der Waals surface area contributed by atoms with Gasteiger partial charge in [-0.25, -0.2) is 0 Å². The number of rotatable bonds is 1. The lowest BCUT2D eigenvalue weighted by Gasteiger charge is -2.27. The van der Waals surface area contributed by atoms with Crippen LogP contribution >= 0.6 is 0 Å². The summed E-state index contributed by atoms with van der Waals surface area (Å²) in [4.78, 5) is 0. The Morgan fingerprint density at radius 1 is 0.467 bits per heavy atom. The van der Waals surface area contributed by atoms with Crippen LogP contribution < -0.4 is 0 Å². The number of hydrogen-bond acceptors (Lipinski definition) is 4. The summed E-state index contributed by atoms with van der Waals surface area (Å²) in [6.07, 6.45) is 4.85. The van der Waals surface area contributed by atoms with Crippen LogP contribution in [-0.4, -0.2) is 39.0 Å². The molecule has 4 nitrogen and oxygen atoms in total. The van der Waals surface area contributed by atoms with Crippen molar-refractivity contribution in [3.05, 3.63) is 0 Å². The molecule has 0 aromatic rings. The average Bonchev–Trinajstić information content (AvgIpc) is 2.45. The van der Waals surface area contributed by atoms with E-state index in [1.165, 1.54) is 6.42 Å². The lowest BCUT2D eigenvalue weighted by Crippen LogP contribution is -2.37. The van der Waals surface area contributed by atoms with Crippen LogP contribution in [0.25, 0.3) is 0 Å². The second-order valence-electron chi connectivity index (χ2n) is 3.99. The standard InChI is InChI=1S/C11H20O4/c1-2-6-12-10(13-7-3-1)11-14-8-4-5-9-15-11/h10-11H,1-9H2. The number of ether oxygens (including phenoxy) is 4. The molecule has 2 aliphatic rings. The summed E-state index contributed by atoms with van der Waals surface area (Å²) >= 11 is 0. The maximum atomic E-state index is 5.61. The molecule has 2 aliphatic heterocycles. The summed E-state index contributed by atoms with van der Waals surface area (Å²) in [5, 5.41) is 0. The molecule has 0 radical (unpaired) electrons. The normalized spacial score (nSPS) is 28.0. The molecule has 0 amide bonds. The fourth-order valence-corrected chi connectivity index (χ4v) is 1.79. The highest BCUT2D eigenvalue weighted by Crippen LogP contribution is 2.16. The molecule has 0 unspecified atom stereocenters. The van der Waals surface area contributed by atoms with Gasteiger partial charge in [-0.05, 0) is 32.1 Å². The Kier molecular flexibility index (Phi) is 4.86. The van der Waals surface area contributed by atoms with Crippen molar-refractivity contribution in [3.8, 4) is 0 Å². The predicted octanol–water partition coefficient (Wildman–Crippen LogP) is 1.68. The van der Waals surface area contributed by atoms with Gasteiger partial charge in [0.1, 0.15) is 0 Å². The van der Waals surface area contributed by atoms with Gasteiger partial charge in [0.2, 0.25) is 12.6 Å². The molecule has 2 fully saturated rings. The largest absolute Gasteiger partial charge is 0.348 e. The first-order chi connectivity index (χ1) is 7.47. The van der Waals surface area contributed by atoms with Crippen molar-refractivity contribution in [3.63, 3.8) is 0 Å². The molecule has 0 bridgehead atoms. The van der Waals surface area contributed by atoms with Gasteiger partial charge in [-0.1, -0.05) is 0 Å². The average molecular weight is 216 g/mol. The maximum absolute atomic E-state index is 5.61. The summed E-state index contributed by atoms with van der Waals surface area (Å²) in [7, 11) is 0. The van der Waals surface area contributed by atoms with E-state index in [1.807, 2.05) is 0 Å². The van der Waals surface area contributed by atoms with Crippen LogP contribution in [0.5, 0.6) is 0 Å². The predicted molar refractivity (Wildman–Crippen MR) is 54.5 cm³/mol. The molecule has 0 atom stereocenters. The van der Waals surface area contributed by atoms with Gasteiger partial charge in [-0.15, -0.1) is 0 Å². The Labute approximate surface area is 90.8 Å². The third kappa shape index (κ3) is 3.72. The Bertz CT molecular complexity index is 158. The number of hydrogen-bond donors (Lipinski definition) is 0. The highest BCUT2D eigenvalue weighted by Gasteiger charge is 2.26. The van der Waals surface area contributed by atoms with Crippen LogP contribution in [0.15, 0.2) is 0 Å². The molecule has 0 aromatic heterocycles. The van der Waals surface area contributed by atoms with Crippen molar-refractivity contribution >= 4 is 0 Å². The van der Waals surface area contributed by atoms with Gasteiger partial charge in [-0.2, -0.15) is 0 Å². The van der Waals surface area contributed by atoms with Gasteiger partial charge in [-0.3, -0.25) is 0 Å². The van der Waals surface area contributed by atoms with Crippen LogP contribution in [-0.2, 0) is 18.9 Å². The summed E-state index contributed by atoms with van der Waals surface area (Å²) in [6.45, 7) is 2.98. The highest BCUT2D eigenvalue weighted by molar-refractivity contribution is 4.58. The monoisotopic (exact) mass is 216 g/mol. The third-order valence-electron chi connectivity index (χ3n) is 2.68. The minimum absolute atomic E-state index is 0.328. The molecule has 0 saturated carbocycles. The molecule has 4 heteroatoms. The first-order valence-corrected chi connectivity index (χ1v) is 5.93. The lowest BCUT2D eigenvalue weighted by molar-refractivity contribution is -0.283. The fraction of sp³-hybridized carbons (Fsp3) is 1.00. The second kappa shape index (κ2) is 6.43. The Balaban J connectivity index is 1.82. The molecule has 88 valence electrons. The molecule has 15 heavy (non-hydrogen) atoms. The van der Waals surface area contributed by atoms with Crippen LogP contribution in [0, 0.1) is 0 Å². The van der Waals surface area contributed by atoms with E-state index in [0.717, 1.165) is 52.1 Å². The van der Waals surface area contributed by atoms with Crippen LogP contribution in [0.2, 0.25) is 0 Å². The molecule has 0 aromatic carbocycles. The Hall–Kier alpha value is -0.160. The molecule has 2 heterocycles. The first-order valence-electron chi connectivity index (χ1n) is 5.93. The van der Waals surface area contributed by atoms with E-state index in [0.29, 0.717) is 0 Å². The van der Waals surface area contributed by atoms with Gasteiger partial charge < -0.3 is 18.9 Å². The van der Waals surface area contributed by atoms with Crippen LogP contribution in [0.1, 0.15) is 32.1 Å². The SMILES string of the molecule is C1CCOC(C2OCCCCO2)OCC1. The van der Waals surface area contributed by atoms with Crippen molar-refractivity contribution < 1.29 is 18.9 Å². The van der Waals surface area contributed by atoms with Crippen LogP contribution in [0.3, 0.4) is 0 Å². The van der Waals surface area contributed by atoms with E-state index in [1.54, 1.807) is 0 Å². The lowest BCUT2D eigenvalue weighted by atomic mass is 10.2. The topological polar surface area (TPSA) is 36.9 Å². The van der Waals surface area contributed by atoms with E-state index in [4.69, 9.17) is 18.9 Å². The summed E-state index contributed by atoms with van der Waals surface area (Å²) in [5.74, 6) is 0. The van der Waals surface area contributed by atoms with Crippen LogP contribution in [0.4, 0.5) is 0 Å². The Morgan fingerprint density at radius 2 is 0.800 bits per heavy atom. The zero-order valence-corrected chi connectivity index (χ0v) is 9.15. The van der Waals surface area contributed by atoms with E-state index in [9.17, 15) is 0 Å². The quantitative estimate of drug-likeness (QED) is 0.668. The molecule has 0 aliphatic carbocycles. The van der Waals surface area contributed by atoms with E-state index < -0.39 is 0 Å². The Morgan fingerprint density at radius 3 is 1.20 bits per heavy atom. The minimum Gasteiger partial charge on any atom is -0.348 e.